The number of anilines is 1. The van der Waals surface area contributed by atoms with Gasteiger partial charge < -0.3 is 20.5 Å². The Labute approximate surface area is 124 Å². The molecule has 1 aromatic carbocycles. The second kappa shape index (κ2) is 6.23. The molecule has 1 fully saturated rings. The number of benzene rings is 1. The Morgan fingerprint density at radius 3 is 2.70 bits per heavy atom. The second-order valence-corrected chi connectivity index (χ2v) is 5.48. The number of carbonyl (C=O) groups is 2. The molecule has 3 N–H and O–H groups in total. The Morgan fingerprint density at radius 1 is 1.40 bits per heavy atom. The van der Waals surface area contributed by atoms with Crippen molar-refractivity contribution in [3.8, 4) is 0 Å². The summed E-state index contributed by atoms with van der Waals surface area (Å²) in [7, 11) is 1.65. The summed E-state index contributed by atoms with van der Waals surface area (Å²) in [6.45, 7) is 0. The number of aromatic carboxylic acids is 1. The van der Waals surface area contributed by atoms with E-state index in [4.69, 9.17) is 9.84 Å². The first-order valence-electron chi connectivity index (χ1n) is 6.12. The lowest BCUT2D eigenvalue weighted by Crippen LogP contribution is -2.48. The molecule has 0 spiro atoms. The highest BCUT2D eigenvalue weighted by Gasteiger charge is 2.30. The standard InChI is InChI=1S/C13H15BrN2O4/c1-20-9-4-8(5-9)16-13(19)15-7-2-3-11(14)10(6-7)12(17)18/h2-3,6,8-9H,4-5H2,1H3,(H,17,18)(H2,15,16,19). The number of ether oxygens (including phenoxy) is 1. The number of rotatable bonds is 4. The molecule has 6 nitrogen and oxygen atoms in total. The number of urea groups is 1. The van der Waals surface area contributed by atoms with Crippen LogP contribution in [0.3, 0.4) is 0 Å². The van der Waals surface area contributed by atoms with Gasteiger partial charge in [-0.05, 0) is 47.0 Å². The van der Waals surface area contributed by atoms with Crippen LogP contribution in [-0.2, 0) is 4.74 Å². The van der Waals surface area contributed by atoms with Gasteiger partial charge in [-0.3, -0.25) is 0 Å². The van der Waals surface area contributed by atoms with Crippen molar-refractivity contribution in [3.05, 3.63) is 28.2 Å². The first kappa shape index (κ1) is 14.8. The van der Waals surface area contributed by atoms with Gasteiger partial charge in [0, 0.05) is 23.3 Å². The van der Waals surface area contributed by atoms with E-state index in [0.717, 1.165) is 12.8 Å². The van der Waals surface area contributed by atoms with Gasteiger partial charge in [-0.15, -0.1) is 0 Å². The van der Waals surface area contributed by atoms with Crippen molar-refractivity contribution < 1.29 is 19.4 Å². The third-order valence-electron chi connectivity index (χ3n) is 3.22. The number of methoxy groups -OCH3 is 1. The van der Waals surface area contributed by atoms with Crippen LogP contribution in [0.2, 0.25) is 0 Å². The smallest absolute Gasteiger partial charge is 0.336 e. The number of hydrogen-bond acceptors (Lipinski definition) is 3. The molecule has 7 heteroatoms. The Morgan fingerprint density at radius 2 is 2.10 bits per heavy atom. The van der Waals surface area contributed by atoms with Crippen molar-refractivity contribution in [2.45, 2.75) is 25.0 Å². The Bertz CT molecular complexity index is 529. The lowest BCUT2D eigenvalue weighted by atomic mass is 9.89. The zero-order chi connectivity index (χ0) is 14.7. The van der Waals surface area contributed by atoms with Gasteiger partial charge in [0.05, 0.1) is 11.7 Å². The van der Waals surface area contributed by atoms with Crippen molar-refractivity contribution in [2.75, 3.05) is 12.4 Å². The lowest BCUT2D eigenvalue weighted by molar-refractivity contribution is 0.0210. The van der Waals surface area contributed by atoms with Gasteiger partial charge >= 0.3 is 12.0 Å². The number of amides is 2. The lowest BCUT2D eigenvalue weighted by Gasteiger charge is -2.34. The fraction of sp³-hybridized carbons (Fsp3) is 0.385. The molecule has 0 aliphatic heterocycles. The van der Waals surface area contributed by atoms with Crippen LogP contribution in [0.15, 0.2) is 22.7 Å². The zero-order valence-electron chi connectivity index (χ0n) is 10.9. The van der Waals surface area contributed by atoms with Crippen LogP contribution in [0.4, 0.5) is 10.5 Å². The molecule has 0 heterocycles. The average Bonchev–Trinajstić information content (AvgIpc) is 2.35. The van der Waals surface area contributed by atoms with Gasteiger partial charge in [0.15, 0.2) is 0 Å². The van der Waals surface area contributed by atoms with Crippen LogP contribution in [0, 0.1) is 0 Å². The van der Waals surface area contributed by atoms with Crippen molar-refractivity contribution in [2.24, 2.45) is 0 Å². The number of carbonyl (C=O) groups excluding carboxylic acids is 1. The first-order chi connectivity index (χ1) is 9.49. The maximum Gasteiger partial charge on any atom is 0.336 e. The maximum atomic E-state index is 11.8. The second-order valence-electron chi connectivity index (χ2n) is 4.62. The Kier molecular flexibility index (Phi) is 4.61. The van der Waals surface area contributed by atoms with Crippen molar-refractivity contribution in [1.29, 1.82) is 0 Å². The molecule has 1 aliphatic carbocycles. The molecule has 1 aliphatic rings. The third kappa shape index (κ3) is 3.49. The summed E-state index contributed by atoms with van der Waals surface area (Å²) < 4.78 is 5.60. The summed E-state index contributed by atoms with van der Waals surface area (Å²) in [6, 6.07) is 4.39. The largest absolute Gasteiger partial charge is 0.478 e. The number of halogens is 1. The molecule has 2 rings (SSSR count). The third-order valence-corrected chi connectivity index (χ3v) is 3.91. The highest BCUT2D eigenvalue weighted by Crippen LogP contribution is 2.23. The number of hydrogen-bond donors (Lipinski definition) is 3. The normalized spacial score (nSPS) is 20.9. The molecule has 0 aromatic heterocycles. The summed E-state index contributed by atoms with van der Waals surface area (Å²) in [6.07, 6.45) is 1.81. The van der Waals surface area contributed by atoms with Crippen LogP contribution >= 0.6 is 15.9 Å². The summed E-state index contributed by atoms with van der Waals surface area (Å²) in [4.78, 5) is 22.7. The van der Waals surface area contributed by atoms with E-state index >= 15 is 0 Å². The van der Waals surface area contributed by atoms with Gasteiger partial charge in [0.25, 0.3) is 0 Å². The monoisotopic (exact) mass is 342 g/mol. The number of carboxylic acid groups (broad SMARTS) is 1. The molecular weight excluding hydrogens is 328 g/mol. The molecule has 0 unspecified atom stereocenters. The number of carboxylic acids is 1. The summed E-state index contributed by atoms with van der Waals surface area (Å²) >= 11 is 3.15. The van der Waals surface area contributed by atoms with Crippen LogP contribution in [0.25, 0.3) is 0 Å². The Hall–Kier alpha value is -1.60. The van der Waals surface area contributed by atoms with Crippen LogP contribution in [-0.4, -0.2) is 36.4 Å². The minimum absolute atomic E-state index is 0.103. The molecule has 0 bridgehead atoms. The Balaban J connectivity index is 1.91. The topological polar surface area (TPSA) is 87.7 Å². The van der Waals surface area contributed by atoms with Crippen molar-refractivity contribution >= 4 is 33.6 Å². The molecule has 20 heavy (non-hydrogen) atoms. The molecule has 0 saturated heterocycles. The van der Waals surface area contributed by atoms with E-state index in [1.165, 1.54) is 6.07 Å². The predicted molar refractivity (Wildman–Crippen MR) is 77.1 cm³/mol. The van der Waals surface area contributed by atoms with Gasteiger partial charge in [-0.25, -0.2) is 9.59 Å². The SMILES string of the molecule is COC1CC(NC(=O)Nc2ccc(Br)c(C(=O)O)c2)C1. The minimum atomic E-state index is -1.05. The van der Waals surface area contributed by atoms with Crippen LogP contribution in [0.5, 0.6) is 0 Å². The molecule has 0 radical (unpaired) electrons. The first-order valence-corrected chi connectivity index (χ1v) is 6.92. The molecule has 1 aromatic rings. The van der Waals surface area contributed by atoms with E-state index in [9.17, 15) is 9.59 Å². The fourth-order valence-corrected chi connectivity index (χ4v) is 2.41. The van der Waals surface area contributed by atoms with E-state index in [1.807, 2.05) is 0 Å². The maximum absolute atomic E-state index is 11.8. The van der Waals surface area contributed by atoms with Gasteiger partial charge in [-0.1, -0.05) is 0 Å². The van der Waals surface area contributed by atoms with Gasteiger partial charge in [0.1, 0.15) is 0 Å². The molecule has 1 saturated carbocycles. The predicted octanol–water partition coefficient (Wildman–Crippen LogP) is 2.45. The van der Waals surface area contributed by atoms with E-state index in [2.05, 4.69) is 26.6 Å². The van der Waals surface area contributed by atoms with Crippen molar-refractivity contribution in [1.82, 2.24) is 5.32 Å². The summed E-state index contributed by atoms with van der Waals surface area (Å²) in [5, 5.41) is 14.4. The summed E-state index contributed by atoms with van der Waals surface area (Å²) in [5.74, 6) is -1.05. The summed E-state index contributed by atoms with van der Waals surface area (Å²) in [5.41, 5.74) is 0.539. The molecule has 108 valence electrons. The molecule has 2 amide bonds. The van der Waals surface area contributed by atoms with E-state index in [0.29, 0.717) is 10.2 Å². The fourth-order valence-electron chi connectivity index (χ4n) is 2.00. The zero-order valence-corrected chi connectivity index (χ0v) is 12.4. The van der Waals surface area contributed by atoms with E-state index in [1.54, 1.807) is 19.2 Å². The van der Waals surface area contributed by atoms with Crippen molar-refractivity contribution in [3.63, 3.8) is 0 Å². The van der Waals surface area contributed by atoms with Gasteiger partial charge in [-0.2, -0.15) is 0 Å². The van der Waals surface area contributed by atoms with Crippen LogP contribution in [0.1, 0.15) is 23.2 Å². The molecule has 0 atom stereocenters. The van der Waals surface area contributed by atoms with E-state index in [-0.39, 0.29) is 23.7 Å². The highest BCUT2D eigenvalue weighted by atomic mass is 79.9. The average molecular weight is 343 g/mol. The highest BCUT2D eigenvalue weighted by molar-refractivity contribution is 9.10. The quantitative estimate of drug-likeness (QED) is 0.784. The van der Waals surface area contributed by atoms with Gasteiger partial charge in [0.2, 0.25) is 0 Å². The number of nitrogens with one attached hydrogen (secondary N) is 2. The minimum Gasteiger partial charge on any atom is -0.478 e. The molecular formula is C13H15BrN2O4. The van der Waals surface area contributed by atoms with Crippen LogP contribution < -0.4 is 10.6 Å². The van der Waals surface area contributed by atoms with E-state index < -0.39 is 5.97 Å².